The molecule has 0 saturated carbocycles. The van der Waals surface area contributed by atoms with Crippen molar-refractivity contribution in [3.8, 4) is 0 Å². The molecule has 0 aliphatic rings. The molecule has 1 aromatic rings. The Balaban J connectivity index is 2.67. The molecule has 1 heterocycles. The van der Waals surface area contributed by atoms with E-state index >= 15 is 0 Å². The molecule has 0 aliphatic heterocycles. The predicted molar refractivity (Wildman–Crippen MR) is 60.0 cm³/mol. The summed E-state index contributed by atoms with van der Waals surface area (Å²) < 4.78 is 6.52. The lowest BCUT2D eigenvalue weighted by atomic mass is 10.1. The molecule has 1 rings (SSSR count). The van der Waals surface area contributed by atoms with Crippen LogP contribution in [0, 0.1) is 0 Å². The summed E-state index contributed by atoms with van der Waals surface area (Å²) in [5, 5.41) is 4.10. The van der Waals surface area contributed by atoms with Gasteiger partial charge in [-0.15, -0.1) is 0 Å². The van der Waals surface area contributed by atoms with Crippen LogP contribution in [0.25, 0.3) is 0 Å². The first-order valence-corrected chi connectivity index (χ1v) is 5.99. The lowest BCUT2D eigenvalue weighted by molar-refractivity contribution is 0.0574. The number of thiophene rings is 1. The van der Waals surface area contributed by atoms with Gasteiger partial charge in [-0.25, -0.2) is 0 Å². The summed E-state index contributed by atoms with van der Waals surface area (Å²) in [5.41, 5.74) is 7.15. The Morgan fingerprint density at radius 2 is 2.31 bits per heavy atom. The highest BCUT2D eigenvalue weighted by molar-refractivity contribution is 9.10. The minimum atomic E-state index is -0.0411. The Morgan fingerprint density at radius 1 is 1.62 bits per heavy atom. The molecule has 0 radical (unpaired) electrons. The highest BCUT2D eigenvalue weighted by Gasteiger charge is 2.17. The third-order valence-electron chi connectivity index (χ3n) is 1.94. The zero-order chi connectivity index (χ0) is 9.84. The van der Waals surface area contributed by atoms with E-state index in [2.05, 4.69) is 21.3 Å². The largest absolute Gasteiger partial charge is 0.377 e. The van der Waals surface area contributed by atoms with Gasteiger partial charge in [0.2, 0.25) is 0 Å². The molecule has 2 N–H and O–H groups in total. The van der Waals surface area contributed by atoms with E-state index in [9.17, 15) is 0 Å². The zero-order valence-electron chi connectivity index (χ0n) is 7.79. The van der Waals surface area contributed by atoms with Crippen molar-refractivity contribution in [2.45, 2.75) is 26.0 Å². The molecule has 0 bridgehead atoms. The first kappa shape index (κ1) is 11.2. The molecule has 0 fully saturated rings. The summed E-state index contributed by atoms with van der Waals surface area (Å²) in [4.78, 5) is 0. The topological polar surface area (TPSA) is 35.2 Å². The summed E-state index contributed by atoms with van der Waals surface area (Å²) in [5.74, 6) is 0. The van der Waals surface area contributed by atoms with Gasteiger partial charge in [-0.2, -0.15) is 11.3 Å². The lowest BCUT2D eigenvalue weighted by Crippen LogP contribution is -2.26. The van der Waals surface area contributed by atoms with Crippen LogP contribution in [0.15, 0.2) is 15.2 Å². The molecule has 0 saturated heterocycles. The fourth-order valence-corrected chi connectivity index (χ4v) is 2.76. The second-order valence-electron chi connectivity index (χ2n) is 2.86. The Bertz CT molecular complexity index is 264. The van der Waals surface area contributed by atoms with Crippen LogP contribution in [-0.2, 0) is 4.74 Å². The number of hydrogen-bond donors (Lipinski definition) is 1. The molecule has 0 aromatic carbocycles. The van der Waals surface area contributed by atoms with Crippen molar-refractivity contribution in [3.05, 3.63) is 20.8 Å². The standard InChI is InChI=1S/C9H14BrNOS/c1-3-12-6(2)9(11)7-4-13-5-8(7)10/h4-6,9H,3,11H2,1-2H3. The summed E-state index contributed by atoms with van der Waals surface area (Å²) in [6.45, 7) is 4.68. The van der Waals surface area contributed by atoms with Crippen molar-refractivity contribution in [3.63, 3.8) is 0 Å². The molecule has 4 heteroatoms. The second kappa shape index (κ2) is 5.10. The lowest BCUT2D eigenvalue weighted by Gasteiger charge is -2.19. The average Bonchev–Trinajstić information content (AvgIpc) is 2.50. The van der Waals surface area contributed by atoms with E-state index in [1.807, 2.05) is 19.2 Å². The number of nitrogens with two attached hydrogens (primary N) is 1. The molecule has 2 atom stereocenters. The number of hydrogen-bond acceptors (Lipinski definition) is 3. The van der Waals surface area contributed by atoms with E-state index in [1.165, 1.54) is 0 Å². The molecule has 2 unspecified atom stereocenters. The van der Waals surface area contributed by atoms with Gasteiger partial charge >= 0.3 is 0 Å². The molecule has 13 heavy (non-hydrogen) atoms. The number of ether oxygens (including phenoxy) is 1. The minimum Gasteiger partial charge on any atom is -0.377 e. The first-order chi connectivity index (χ1) is 6.16. The van der Waals surface area contributed by atoms with Crippen LogP contribution >= 0.6 is 27.3 Å². The van der Waals surface area contributed by atoms with Crippen LogP contribution < -0.4 is 5.73 Å². The fraction of sp³-hybridized carbons (Fsp3) is 0.556. The van der Waals surface area contributed by atoms with E-state index in [0.717, 1.165) is 10.0 Å². The highest BCUT2D eigenvalue weighted by atomic mass is 79.9. The van der Waals surface area contributed by atoms with Crippen molar-refractivity contribution in [1.82, 2.24) is 0 Å². The third kappa shape index (κ3) is 2.77. The van der Waals surface area contributed by atoms with Gasteiger partial charge in [-0.05, 0) is 40.7 Å². The van der Waals surface area contributed by atoms with Gasteiger partial charge in [0.05, 0.1) is 12.1 Å². The van der Waals surface area contributed by atoms with Crippen LogP contribution in [0.3, 0.4) is 0 Å². The zero-order valence-corrected chi connectivity index (χ0v) is 10.2. The molecule has 0 amide bonds. The summed E-state index contributed by atoms with van der Waals surface area (Å²) in [6.07, 6.45) is 0.0656. The van der Waals surface area contributed by atoms with Crippen LogP contribution in [-0.4, -0.2) is 12.7 Å². The maximum atomic E-state index is 6.02. The Kier molecular flexibility index (Phi) is 4.38. The quantitative estimate of drug-likeness (QED) is 0.907. The molecular formula is C9H14BrNOS. The molecule has 1 aromatic heterocycles. The van der Waals surface area contributed by atoms with Crippen molar-refractivity contribution >= 4 is 27.3 Å². The molecule has 74 valence electrons. The SMILES string of the molecule is CCOC(C)C(N)c1cscc1Br. The van der Waals surface area contributed by atoms with E-state index in [-0.39, 0.29) is 12.1 Å². The van der Waals surface area contributed by atoms with E-state index in [4.69, 9.17) is 10.5 Å². The van der Waals surface area contributed by atoms with Crippen molar-refractivity contribution in [2.24, 2.45) is 5.73 Å². The van der Waals surface area contributed by atoms with Gasteiger partial charge in [-0.3, -0.25) is 0 Å². The van der Waals surface area contributed by atoms with Gasteiger partial charge in [-0.1, -0.05) is 0 Å². The predicted octanol–water partition coefficient (Wildman–Crippen LogP) is 2.94. The molecule has 2 nitrogen and oxygen atoms in total. The summed E-state index contributed by atoms with van der Waals surface area (Å²) >= 11 is 5.11. The van der Waals surface area contributed by atoms with Crippen LogP contribution in [0.1, 0.15) is 25.5 Å². The second-order valence-corrected chi connectivity index (χ2v) is 4.46. The fourth-order valence-electron chi connectivity index (χ4n) is 1.15. The van der Waals surface area contributed by atoms with Gasteiger partial charge in [0.15, 0.2) is 0 Å². The normalized spacial score (nSPS) is 15.7. The average molecular weight is 264 g/mol. The van der Waals surface area contributed by atoms with Gasteiger partial charge in [0.25, 0.3) is 0 Å². The van der Waals surface area contributed by atoms with Gasteiger partial charge < -0.3 is 10.5 Å². The Labute approximate surface area is 91.2 Å². The molecular weight excluding hydrogens is 250 g/mol. The maximum absolute atomic E-state index is 6.02. The van der Waals surface area contributed by atoms with E-state index < -0.39 is 0 Å². The highest BCUT2D eigenvalue weighted by Crippen LogP contribution is 2.28. The van der Waals surface area contributed by atoms with Gasteiger partial charge in [0.1, 0.15) is 0 Å². The Morgan fingerprint density at radius 3 is 2.77 bits per heavy atom. The number of rotatable bonds is 4. The van der Waals surface area contributed by atoms with E-state index in [0.29, 0.717) is 6.61 Å². The summed E-state index contributed by atoms with van der Waals surface area (Å²) in [6, 6.07) is -0.0411. The summed E-state index contributed by atoms with van der Waals surface area (Å²) in [7, 11) is 0. The Hall–Kier alpha value is 0.100. The van der Waals surface area contributed by atoms with Crippen molar-refractivity contribution in [1.29, 1.82) is 0 Å². The van der Waals surface area contributed by atoms with E-state index in [1.54, 1.807) is 11.3 Å². The van der Waals surface area contributed by atoms with Crippen LogP contribution in [0.2, 0.25) is 0 Å². The van der Waals surface area contributed by atoms with Crippen molar-refractivity contribution < 1.29 is 4.74 Å². The van der Waals surface area contributed by atoms with Crippen LogP contribution in [0.4, 0.5) is 0 Å². The molecule has 0 aliphatic carbocycles. The smallest absolute Gasteiger partial charge is 0.0740 e. The van der Waals surface area contributed by atoms with Gasteiger partial charge in [0, 0.05) is 16.5 Å². The molecule has 0 spiro atoms. The third-order valence-corrected chi connectivity index (χ3v) is 3.69. The maximum Gasteiger partial charge on any atom is 0.0740 e. The minimum absolute atomic E-state index is 0.0411. The number of halogens is 1. The van der Waals surface area contributed by atoms with Crippen LogP contribution in [0.5, 0.6) is 0 Å². The first-order valence-electron chi connectivity index (χ1n) is 4.25. The van der Waals surface area contributed by atoms with Crippen molar-refractivity contribution in [2.75, 3.05) is 6.61 Å². The monoisotopic (exact) mass is 263 g/mol.